The van der Waals surface area contributed by atoms with Crippen molar-refractivity contribution in [2.24, 2.45) is 4.99 Å². The minimum Gasteiger partial charge on any atom is -0.261 e. The zero-order valence-electron chi connectivity index (χ0n) is 35.4. The lowest BCUT2D eigenvalue weighted by Crippen LogP contribution is -2.11. The third-order valence-electron chi connectivity index (χ3n) is 10.7. The van der Waals surface area contributed by atoms with Crippen LogP contribution in [0.25, 0.3) is 21.5 Å². The first-order valence-corrected chi connectivity index (χ1v) is 20.1. The Morgan fingerprint density at radius 3 is 1.24 bits per heavy atom. The topological polar surface area (TPSA) is 12.4 Å². The van der Waals surface area contributed by atoms with E-state index in [0.717, 1.165) is 12.1 Å². The summed E-state index contributed by atoms with van der Waals surface area (Å²) in [6.45, 7) is 27.0. The van der Waals surface area contributed by atoms with E-state index in [2.05, 4.69) is 209 Å². The summed E-state index contributed by atoms with van der Waals surface area (Å²) >= 11 is 0. The average Bonchev–Trinajstić information content (AvgIpc) is 3.80. The molecule has 1 heteroatoms. The highest BCUT2D eigenvalue weighted by molar-refractivity contribution is 5.84. The first kappa shape index (κ1) is 40.7. The van der Waals surface area contributed by atoms with Crippen molar-refractivity contribution in [3.05, 3.63) is 160 Å². The minimum atomic E-state index is 0.240. The molecule has 0 radical (unpaired) electrons. The van der Waals surface area contributed by atoms with Gasteiger partial charge in [-0.25, -0.2) is 0 Å². The predicted octanol–water partition coefficient (Wildman–Crippen LogP) is 15.0. The summed E-state index contributed by atoms with van der Waals surface area (Å²) in [5.74, 6) is 0. The van der Waals surface area contributed by atoms with Crippen LogP contribution < -0.4 is 0 Å². The van der Waals surface area contributed by atoms with E-state index in [-0.39, 0.29) is 16.2 Å². The molecule has 1 aliphatic heterocycles. The van der Waals surface area contributed by atoms with E-state index in [9.17, 15) is 0 Å². The van der Waals surface area contributed by atoms with Crippen molar-refractivity contribution in [3.63, 3.8) is 0 Å². The van der Waals surface area contributed by atoms with Crippen molar-refractivity contribution in [3.8, 4) is 0 Å². The molecule has 2 aliphatic rings. The smallest absolute Gasteiger partial charge is 0.0661 e. The van der Waals surface area contributed by atoms with E-state index < -0.39 is 0 Å². The van der Waals surface area contributed by atoms with Gasteiger partial charge in [0.05, 0.1) is 5.69 Å². The predicted molar refractivity (Wildman–Crippen MR) is 239 cm³/mol. The zero-order valence-corrected chi connectivity index (χ0v) is 35.4. The fraction of sp³-hybridized carbons (Fsp3) is 0.377. The van der Waals surface area contributed by atoms with Crippen LogP contribution in [0.5, 0.6) is 0 Å². The monoisotopic (exact) mass is 716 g/mol. The largest absolute Gasteiger partial charge is 0.261 e. The van der Waals surface area contributed by atoms with Gasteiger partial charge in [0.2, 0.25) is 0 Å². The SMILES string of the molecule is CC(C)(C)c1ccc2c(c1)CC=N2.CC(C)(C)c1ccc2c(c1)CCC2.CC(C)(C)c1ccc2ccccc2c1.CC(C)(C)c1ccc2ccccc2c1. The summed E-state index contributed by atoms with van der Waals surface area (Å²) < 4.78 is 0. The Hall–Kier alpha value is -4.49. The normalized spacial score (nSPS) is 13.6. The molecule has 1 heterocycles. The van der Waals surface area contributed by atoms with Crippen LogP contribution in [0.3, 0.4) is 0 Å². The van der Waals surface area contributed by atoms with Crippen LogP contribution in [0.15, 0.2) is 126 Å². The van der Waals surface area contributed by atoms with Crippen LogP contribution >= 0.6 is 0 Å². The van der Waals surface area contributed by atoms with Crippen LogP contribution in [0.1, 0.15) is 128 Å². The third kappa shape index (κ3) is 10.8. The van der Waals surface area contributed by atoms with Gasteiger partial charge in [0.15, 0.2) is 0 Å². The van der Waals surface area contributed by atoms with E-state index in [1.165, 1.54) is 68.6 Å². The van der Waals surface area contributed by atoms with Gasteiger partial charge < -0.3 is 0 Å². The summed E-state index contributed by atoms with van der Waals surface area (Å²) in [5, 5.41) is 5.31. The summed E-state index contributed by atoms with van der Waals surface area (Å²) in [6.07, 6.45) is 6.91. The molecule has 0 atom stereocenters. The van der Waals surface area contributed by atoms with E-state index >= 15 is 0 Å². The molecule has 0 aromatic heterocycles. The van der Waals surface area contributed by atoms with Crippen LogP contribution in [0.4, 0.5) is 5.69 Å². The molecule has 1 aliphatic carbocycles. The molecule has 1 nitrogen and oxygen atoms in total. The quantitative estimate of drug-likeness (QED) is 0.148. The number of rotatable bonds is 0. The van der Waals surface area contributed by atoms with Crippen molar-refractivity contribution >= 4 is 33.4 Å². The number of benzene rings is 6. The van der Waals surface area contributed by atoms with Crippen molar-refractivity contribution in [2.75, 3.05) is 0 Å². The molecule has 8 rings (SSSR count). The van der Waals surface area contributed by atoms with Crippen molar-refractivity contribution in [1.29, 1.82) is 0 Å². The molecular formula is C53H65N. The molecule has 0 spiro atoms. The molecule has 0 saturated carbocycles. The molecule has 0 fully saturated rings. The summed E-state index contributed by atoms with van der Waals surface area (Å²) in [7, 11) is 0. The van der Waals surface area contributed by atoms with E-state index in [4.69, 9.17) is 0 Å². The van der Waals surface area contributed by atoms with Gasteiger partial charge in [-0.2, -0.15) is 0 Å². The van der Waals surface area contributed by atoms with Gasteiger partial charge in [-0.15, -0.1) is 0 Å². The van der Waals surface area contributed by atoms with Crippen molar-refractivity contribution < 1.29 is 0 Å². The molecule has 6 aromatic rings. The molecule has 54 heavy (non-hydrogen) atoms. The number of aliphatic imine (C=N–C) groups is 1. The van der Waals surface area contributed by atoms with Gasteiger partial charge in [0, 0.05) is 12.6 Å². The van der Waals surface area contributed by atoms with E-state index in [1.54, 1.807) is 11.1 Å². The minimum absolute atomic E-state index is 0.240. The highest BCUT2D eigenvalue weighted by atomic mass is 14.7. The number of nitrogens with zero attached hydrogens (tertiary/aromatic N) is 1. The number of aryl methyl sites for hydroxylation is 2. The number of fused-ring (bicyclic) bond motifs is 4. The van der Waals surface area contributed by atoms with Gasteiger partial charge >= 0.3 is 0 Å². The second-order valence-corrected chi connectivity index (χ2v) is 19.3. The van der Waals surface area contributed by atoms with Crippen LogP contribution in [-0.2, 0) is 40.9 Å². The Labute approximate surface area is 328 Å². The molecule has 0 unspecified atom stereocenters. The first-order chi connectivity index (χ1) is 25.3. The maximum Gasteiger partial charge on any atom is 0.0661 e. The molecular weight excluding hydrogens is 651 g/mol. The average molecular weight is 716 g/mol. The van der Waals surface area contributed by atoms with Crippen LogP contribution in [-0.4, -0.2) is 6.21 Å². The Balaban J connectivity index is 0.000000139. The fourth-order valence-corrected chi connectivity index (χ4v) is 6.93. The van der Waals surface area contributed by atoms with Gasteiger partial charge in [-0.05, 0) is 107 Å². The highest BCUT2D eigenvalue weighted by Crippen LogP contribution is 2.31. The van der Waals surface area contributed by atoms with Gasteiger partial charge in [0.1, 0.15) is 0 Å². The first-order valence-electron chi connectivity index (χ1n) is 20.1. The van der Waals surface area contributed by atoms with Crippen molar-refractivity contribution in [2.45, 2.75) is 130 Å². The lowest BCUT2D eigenvalue weighted by molar-refractivity contribution is 0.589. The molecule has 282 valence electrons. The lowest BCUT2D eigenvalue weighted by Gasteiger charge is -2.19. The Morgan fingerprint density at radius 2 is 0.759 bits per heavy atom. The molecule has 0 N–H and O–H groups in total. The van der Waals surface area contributed by atoms with Gasteiger partial charge in [-0.3, -0.25) is 4.99 Å². The Kier molecular flexibility index (Phi) is 12.4. The molecule has 0 amide bonds. The maximum absolute atomic E-state index is 4.30. The molecule has 0 saturated heterocycles. The molecule has 6 aromatic carbocycles. The standard InChI is InChI=1S/2C14H16.C13H18.C12H15N/c2*1-14(2,3)13-9-8-11-6-4-5-7-12(11)10-13;1-13(2,3)12-8-7-10-5-4-6-11(10)9-12;1-12(2,3)10-4-5-11-9(8-10)6-7-13-11/h2*4-10H,1-3H3;7-9H,4-6H2,1-3H3;4-5,7-8H,6H2,1-3H3. The van der Waals surface area contributed by atoms with E-state index in [0.29, 0.717) is 5.41 Å². The second-order valence-electron chi connectivity index (χ2n) is 19.3. The van der Waals surface area contributed by atoms with E-state index in [1.807, 2.05) is 6.21 Å². The summed E-state index contributed by atoms with van der Waals surface area (Å²) in [5.41, 5.74) is 12.4. The second kappa shape index (κ2) is 16.5. The third-order valence-corrected chi connectivity index (χ3v) is 10.7. The van der Waals surface area contributed by atoms with Gasteiger partial charge in [0.25, 0.3) is 0 Å². The maximum atomic E-state index is 4.30. The lowest BCUT2D eigenvalue weighted by atomic mass is 9.85. The summed E-state index contributed by atoms with van der Waals surface area (Å²) in [6, 6.07) is 44.0. The Morgan fingerprint density at radius 1 is 0.370 bits per heavy atom. The van der Waals surface area contributed by atoms with Crippen LogP contribution in [0, 0.1) is 0 Å². The van der Waals surface area contributed by atoms with Gasteiger partial charge in [-0.1, -0.05) is 198 Å². The number of hydrogen-bond acceptors (Lipinski definition) is 1. The Bertz CT molecular complexity index is 2090. The van der Waals surface area contributed by atoms with Crippen molar-refractivity contribution in [1.82, 2.24) is 0 Å². The fourth-order valence-electron chi connectivity index (χ4n) is 6.93. The highest BCUT2D eigenvalue weighted by Gasteiger charge is 2.18. The summed E-state index contributed by atoms with van der Waals surface area (Å²) in [4.78, 5) is 4.30. The molecule has 0 bridgehead atoms. The number of hydrogen-bond donors (Lipinski definition) is 0. The van der Waals surface area contributed by atoms with Crippen LogP contribution in [0.2, 0.25) is 0 Å². The zero-order chi connectivity index (χ0) is 39.3.